The number of nitrogens with zero attached hydrogens (tertiary/aromatic N) is 1. The van der Waals surface area contributed by atoms with Gasteiger partial charge in [0.15, 0.2) is 11.6 Å². The summed E-state index contributed by atoms with van der Waals surface area (Å²) in [5.41, 5.74) is 0.304. The Bertz CT molecular complexity index is 672. The molecule has 0 bridgehead atoms. The van der Waals surface area contributed by atoms with Crippen LogP contribution >= 0.6 is 0 Å². The van der Waals surface area contributed by atoms with Crippen molar-refractivity contribution in [1.82, 2.24) is 5.32 Å². The summed E-state index contributed by atoms with van der Waals surface area (Å²) in [4.78, 5) is 33.3. The Kier molecular flexibility index (Phi) is 4.40. The molecule has 1 aromatic carbocycles. The van der Waals surface area contributed by atoms with Gasteiger partial charge in [0.05, 0.1) is 11.1 Å². The van der Waals surface area contributed by atoms with Crippen LogP contribution in [0, 0.1) is 10.1 Å². The molecule has 6 nitrogen and oxygen atoms in total. The minimum Gasteiger partial charge on any atom is -0.381 e. The Balaban J connectivity index is 2.16. The van der Waals surface area contributed by atoms with Crippen LogP contribution in [0.25, 0.3) is 0 Å². The van der Waals surface area contributed by atoms with E-state index in [0.717, 1.165) is 30.0 Å². The van der Waals surface area contributed by atoms with E-state index < -0.39 is 22.2 Å². The van der Waals surface area contributed by atoms with Crippen LogP contribution in [0.1, 0.15) is 5.56 Å². The van der Waals surface area contributed by atoms with E-state index in [0.29, 0.717) is 6.54 Å². The van der Waals surface area contributed by atoms with Crippen LogP contribution in [0.5, 0.6) is 0 Å². The molecule has 1 aliphatic rings. The maximum Gasteiger partial charge on any atom is 0.296 e. The minimum atomic E-state index is -0.686. The molecule has 0 unspecified atom stereocenters. The van der Waals surface area contributed by atoms with Gasteiger partial charge in [-0.15, -0.1) is 0 Å². The number of carbonyl (C=O) groups excluding carboxylic acids is 2. The van der Waals surface area contributed by atoms with Crippen LogP contribution in [-0.4, -0.2) is 16.5 Å². The third-order valence-corrected chi connectivity index (χ3v) is 2.81. The molecular formula is C15H12N2O4. The van der Waals surface area contributed by atoms with E-state index in [-0.39, 0.29) is 5.57 Å². The van der Waals surface area contributed by atoms with Crippen molar-refractivity contribution in [3.63, 3.8) is 0 Å². The topological polar surface area (TPSA) is 89.3 Å². The van der Waals surface area contributed by atoms with Crippen molar-refractivity contribution in [3.8, 4) is 0 Å². The zero-order valence-corrected chi connectivity index (χ0v) is 11.0. The lowest BCUT2D eigenvalue weighted by Crippen LogP contribution is -2.17. The number of benzene rings is 1. The van der Waals surface area contributed by atoms with Gasteiger partial charge in [-0.1, -0.05) is 30.3 Å². The molecule has 106 valence electrons. The molecule has 0 saturated heterocycles. The Morgan fingerprint density at radius 1 is 1.19 bits per heavy atom. The summed E-state index contributed by atoms with van der Waals surface area (Å²) < 4.78 is 0. The molecule has 0 spiro atoms. The van der Waals surface area contributed by atoms with E-state index in [1.54, 1.807) is 0 Å². The first-order valence-corrected chi connectivity index (χ1v) is 6.18. The molecule has 6 heteroatoms. The molecule has 0 aliphatic heterocycles. The summed E-state index contributed by atoms with van der Waals surface area (Å²) in [6, 6.07) is 9.30. The van der Waals surface area contributed by atoms with Gasteiger partial charge in [-0.25, -0.2) is 0 Å². The number of nitrogens with one attached hydrogen (secondary N) is 1. The summed E-state index contributed by atoms with van der Waals surface area (Å²) in [6.07, 6.45) is 4.23. The maximum atomic E-state index is 11.6. The lowest BCUT2D eigenvalue weighted by molar-refractivity contribution is -0.420. The molecule has 0 atom stereocenters. The molecule has 1 aromatic rings. The normalized spacial score (nSPS) is 14.9. The Morgan fingerprint density at radius 2 is 1.90 bits per heavy atom. The fourth-order valence-electron chi connectivity index (χ4n) is 1.80. The van der Waals surface area contributed by atoms with E-state index in [2.05, 4.69) is 5.32 Å². The molecule has 1 aliphatic carbocycles. The van der Waals surface area contributed by atoms with Gasteiger partial charge in [-0.2, -0.15) is 0 Å². The summed E-state index contributed by atoms with van der Waals surface area (Å²) in [6.45, 7) is 0.378. The first-order valence-electron chi connectivity index (χ1n) is 6.18. The van der Waals surface area contributed by atoms with E-state index in [4.69, 9.17) is 0 Å². The molecule has 0 radical (unpaired) electrons. The zero-order valence-electron chi connectivity index (χ0n) is 11.0. The highest BCUT2D eigenvalue weighted by molar-refractivity contribution is 6.19. The highest BCUT2D eigenvalue weighted by Crippen LogP contribution is 2.15. The molecule has 0 aromatic heterocycles. The standard InChI is InChI=1S/C15H12N2O4/c18-12-6-7-15(19)13(8-12)14(17(20)21)10-16-9-11-4-2-1-3-5-11/h1-8,10,16H,9H2/b14-10+. The zero-order chi connectivity index (χ0) is 15.2. The number of ketones is 2. The molecule has 2 rings (SSSR count). The average molecular weight is 284 g/mol. The van der Waals surface area contributed by atoms with E-state index in [1.165, 1.54) is 0 Å². The van der Waals surface area contributed by atoms with Crippen molar-refractivity contribution in [1.29, 1.82) is 0 Å². The molecule has 0 heterocycles. The smallest absolute Gasteiger partial charge is 0.296 e. The van der Waals surface area contributed by atoms with Crippen molar-refractivity contribution in [3.05, 3.63) is 81.7 Å². The third kappa shape index (κ3) is 3.73. The van der Waals surface area contributed by atoms with Crippen molar-refractivity contribution in [2.45, 2.75) is 6.54 Å². The SMILES string of the molecule is O=C1C=CC(=O)C(/C(=C\NCc2ccccc2)[N+](=O)[O-])=C1. The van der Waals surface area contributed by atoms with Crippen LogP contribution in [0.15, 0.2) is 66.0 Å². The van der Waals surface area contributed by atoms with Crippen LogP contribution in [-0.2, 0) is 16.1 Å². The summed E-state index contributed by atoms with van der Waals surface area (Å²) >= 11 is 0. The van der Waals surface area contributed by atoms with Crippen molar-refractivity contribution in [2.24, 2.45) is 0 Å². The number of rotatable bonds is 5. The second kappa shape index (κ2) is 6.42. The molecule has 1 N–H and O–H groups in total. The first-order chi connectivity index (χ1) is 10.1. The van der Waals surface area contributed by atoms with Gasteiger partial charge in [0.1, 0.15) is 5.57 Å². The Morgan fingerprint density at radius 3 is 2.57 bits per heavy atom. The number of nitro groups is 1. The predicted octanol–water partition coefficient (Wildman–Crippen LogP) is 1.53. The van der Waals surface area contributed by atoms with Gasteiger partial charge < -0.3 is 5.32 Å². The van der Waals surface area contributed by atoms with Gasteiger partial charge in [0.25, 0.3) is 5.70 Å². The van der Waals surface area contributed by atoms with Crippen LogP contribution in [0.2, 0.25) is 0 Å². The van der Waals surface area contributed by atoms with Crippen molar-refractivity contribution in [2.75, 3.05) is 0 Å². The van der Waals surface area contributed by atoms with Gasteiger partial charge in [-0.3, -0.25) is 19.7 Å². The lowest BCUT2D eigenvalue weighted by atomic mass is 10.0. The maximum absolute atomic E-state index is 11.6. The van der Waals surface area contributed by atoms with E-state index >= 15 is 0 Å². The summed E-state index contributed by atoms with van der Waals surface area (Å²) in [5, 5.41) is 13.8. The molecule has 0 saturated carbocycles. The van der Waals surface area contributed by atoms with Crippen molar-refractivity contribution >= 4 is 11.6 Å². The van der Waals surface area contributed by atoms with Gasteiger partial charge in [-0.05, 0) is 17.7 Å². The second-order valence-corrected chi connectivity index (χ2v) is 4.31. The monoisotopic (exact) mass is 284 g/mol. The largest absolute Gasteiger partial charge is 0.381 e. The van der Waals surface area contributed by atoms with Gasteiger partial charge in [0, 0.05) is 12.6 Å². The Hall–Kier alpha value is -3.02. The van der Waals surface area contributed by atoms with E-state index in [9.17, 15) is 19.7 Å². The summed E-state index contributed by atoms with van der Waals surface area (Å²) in [7, 11) is 0. The average Bonchev–Trinajstić information content (AvgIpc) is 2.47. The highest BCUT2D eigenvalue weighted by Gasteiger charge is 2.25. The predicted molar refractivity (Wildman–Crippen MR) is 75.6 cm³/mol. The summed E-state index contributed by atoms with van der Waals surface area (Å²) in [5.74, 6) is -1.00. The van der Waals surface area contributed by atoms with Crippen LogP contribution in [0.4, 0.5) is 0 Å². The fourth-order valence-corrected chi connectivity index (χ4v) is 1.80. The number of hydrogen-bond donors (Lipinski definition) is 1. The Labute approximate surface area is 120 Å². The van der Waals surface area contributed by atoms with E-state index in [1.807, 2.05) is 30.3 Å². The quantitative estimate of drug-likeness (QED) is 0.503. The fraction of sp³-hybridized carbons (Fsp3) is 0.0667. The second-order valence-electron chi connectivity index (χ2n) is 4.31. The molecule has 21 heavy (non-hydrogen) atoms. The van der Waals surface area contributed by atoms with Crippen molar-refractivity contribution < 1.29 is 14.5 Å². The third-order valence-electron chi connectivity index (χ3n) is 2.81. The molecule has 0 fully saturated rings. The van der Waals surface area contributed by atoms with Gasteiger partial charge in [0.2, 0.25) is 0 Å². The first kappa shape index (κ1) is 14.4. The highest BCUT2D eigenvalue weighted by atomic mass is 16.6. The van der Waals surface area contributed by atoms with Gasteiger partial charge >= 0.3 is 0 Å². The number of carbonyl (C=O) groups is 2. The molecular weight excluding hydrogens is 272 g/mol. The molecule has 0 amide bonds. The number of hydrogen-bond acceptors (Lipinski definition) is 5. The minimum absolute atomic E-state index is 0.215. The van der Waals surface area contributed by atoms with Crippen LogP contribution < -0.4 is 5.32 Å². The lowest BCUT2D eigenvalue weighted by Gasteiger charge is -2.05. The van der Waals surface area contributed by atoms with Crippen LogP contribution in [0.3, 0.4) is 0 Å². The number of allylic oxidation sites excluding steroid dienone is 4.